The summed E-state index contributed by atoms with van der Waals surface area (Å²) in [5.74, 6) is 0. The molecule has 6 nitrogen and oxygen atoms in total. The van der Waals surface area contributed by atoms with Gasteiger partial charge in [0.05, 0.1) is 12.7 Å². The van der Waals surface area contributed by atoms with Crippen LogP contribution >= 0.6 is 0 Å². The van der Waals surface area contributed by atoms with E-state index in [0.717, 1.165) is 64.8 Å². The van der Waals surface area contributed by atoms with Crippen LogP contribution in [0.3, 0.4) is 0 Å². The first-order chi connectivity index (χ1) is 10.6. The van der Waals surface area contributed by atoms with Gasteiger partial charge in [-0.3, -0.25) is 0 Å². The first kappa shape index (κ1) is 19.2. The molecule has 1 aliphatic rings. The highest BCUT2D eigenvalue weighted by molar-refractivity contribution is 5.64. The number of likely N-dealkylation sites (N-methyl/N-ethyl adjacent to an activating group) is 1. The molecule has 1 rings (SSSR count). The van der Waals surface area contributed by atoms with Crippen molar-refractivity contribution in [1.82, 2.24) is 9.80 Å². The maximum Gasteiger partial charge on any atom is 0.407 e. The van der Waals surface area contributed by atoms with Gasteiger partial charge < -0.3 is 24.7 Å². The molecule has 0 bridgehead atoms. The third-order valence-electron chi connectivity index (χ3n) is 4.58. The van der Waals surface area contributed by atoms with E-state index in [1.54, 1.807) is 7.05 Å². The number of hydrogen-bond donors (Lipinski definition) is 2. The molecule has 0 radical (unpaired) electrons. The van der Waals surface area contributed by atoms with Crippen LogP contribution in [0.15, 0.2) is 0 Å². The zero-order valence-corrected chi connectivity index (χ0v) is 14.0. The average Bonchev–Trinajstić information content (AvgIpc) is 2.53. The lowest BCUT2D eigenvalue weighted by molar-refractivity contribution is 0.00939. The minimum absolute atomic E-state index is 0.147. The van der Waals surface area contributed by atoms with Crippen LogP contribution in [0.4, 0.5) is 4.79 Å². The van der Waals surface area contributed by atoms with Gasteiger partial charge in [-0.1, -0.05) is 6.92 Å². The van der Waals surface area contributed by atoms with Crippen molar-refractivity contribution in [3.05, 3.63) is 0 Å². The summed E-state index contributed by atoms with van der Waals surface area (Å²) in [7, 11) is 1.65. The number of nitrogens with zero attached hydrogens (tertiary/aromatic N) is 2. The van der Waals surface area contributed by atoms with Gasteiger partial charge >= 0.3 is 6.09 Å². The number of carboxylic acid groups (broad SMARTS) is 1. The molecular weight excluding hydrogens is 284 g/mol. The van der Waals surface area contributed by atoms with Gasteiger partial charge in [0, 0.05) is 26.2 Å². The molecule has 22 heavy (non-hydrogen) atoms. The van der Waals surface area contributed by atoms with Crippen LogP contribution in [0.2, 0.25) is 0 Å². The Bertz CT molecular complexity index is 307. The van der Waals surface area contributed by atoms with E-state index in [4.69, 9.17) is 14.9 Å². The van der Waals surface area contributed by atoms with Crippen LogP contribution in [-0.4, -0.2) is 78.1 Å². The third kappa shape index (κ3) is 6.94. The molecule has 0 aromatic carbocycles. The fraction of sp³-hybridized carbons (Fsp3) is 0.938. The van der Waals surface area contributed by atoms with E-state index in [9.17, 15) is 4.79 Å². The maximum absolute atomic E-state index is 10.9. The van der Waals surface area contributed by atoms with Gasteiger partial charge in [0.1, 0.15) is 0 Å². The van der Waals surface area contributed by atoms with Gasteiger partial charge in [0.15, 0.2) is 0 Å². The van der Waals surface area contributed by atoms with E-state index in [2.05, 4.69) is 11.8 Å². The lowest BCUT2D eigenvalue weighted by atomic mass is 9.92. The summed E-state index contributed by atoms with van der Waals surface area (Å²) in [6.07, 6.45) is 5.27. The number of aliphatic hydroxyl groups excluding tert-OH is 1. The summed E-state index contributed by atoms with van der Waals surface area (Å²) in [6, 6.07) is 0.147. The number of carbonyl (C=O) groups is 1. The van der Waals surface area contributed by atoms with Crippen molar-refractivity contribution >= 4 is 6.09 Å². The summed E-state index contributed by atoms with van der Waals surface area (Å²) in [6.45, 7) is 5.84. The van der Waals surface area contributed by atoms with Crippen LogP contribution < -0.4 is 0 Å². The Morgan fingerprint density at radius 1 is 1.18 bits per heavy atom. The largest absolute Gasteiger partial charge is 0.465 e. The number of rotatable bonds is 10. The van der Waals surface area contributed by atoms with Crippen molar-refractivity contribution in [1.29, 1.82) is 0 Å². The van der Waals surface area contributed by atoms with E-state index < -0.39 is 6.09 Å². The van der Waals surface area contributed by atoms with Crippen molar-refractivity contribution in [2.24, 2.45) is 0 Å². The van der Waals surface area contributed by atoms with Crippen LogP contribution in [0, 0.1) is 0 Å². The summed E-state index contributed by atoms with van der Waals surface area (Å²) < 4.78 is 5.91. The molecule has 1 fully saturated rings. The van der Waals surface area contributed by atoms with E-state index in [1.807, 2.05) is 0 Å². The van der Waals surface area contributed by atoms with Crippen LogP contribution in [0.5, 0.6) is 0 Å². The summed E-state index contributed by atoms with van der Waals surface area (Å²) in [5, 5.41) is 17.9. The lowest BCUT2D eigenvalue weighted by Gasteiger charge is -2.33. The molecule has 0 saturated heterocycles. The number of hydrogen-bond acceptors (Lipinski definition) is 4. The van der Waals surface area contributed by atoms with Gasteiger partial charge in [-0.05, 0) is 51.6 Å². The Hall–Kier alpha value is -0.850. The molecule has 0 aromatic heterocycles. The monoisotopic (exact) mass is 316 g/mol. The van der Waals surface area contributed by atoms with Crippen LogP contribution in [0.25, 0.3) is 0 Å². The zero-order chi connectivity index (χ0) is 16.4. The van der Waals surface area contributed by atoms with Gasteiger partial charge in [-0.2, -0.15) is 0 Å². The first-order valence-corrected chi connectivity index (χ1v) is 8.49. The molecule has 1 aliphatic carbocycles. The first-order valence-electron chi connectivity index (χ1n) is 8.49. The quantitative estimate of drug-likeness (QED) is 0.603. The maximum atomic E-state index is 10.9. The second kappa shape index (κ2) is 10.8. The molecule has 1 amide bonds. The number of unbranched alkanes of at least 4 members (excludes halogenated alkanes) is 1. The smallest absolute Gasteiger partial charge is 0.407 e. The fourth-order valence-electron chi connectivity index (χ4n) is 3.01. The Balaban J connectivity index is 2.06. The van der Waals surface area contributed by atoms with Crippen molar-refractivity contribution in [3.63, 3.8) is 0 Å². The molecule has 0 aliphatic heterocycles. The molecule has 0 spiro atoms. The van der Waals surface area contributed by atoms with Gasteiger partial charge in [-0.15, -0.1) is 0 Å². The predicted molar refractivity (Wildman–Crippen MR) is 86.2 cm³/mol. The Kier molecular flexibility index (Phi) is 9.43. The van der Waals surface area contributed by atoms with Crippen molar-refractivity contribution in [2.45, 2.75) is 57.6 Å². The molecule has 0 heterocycles. The molecule has 0 aromatic rings. The second-order valence-corrected chi connectivity index (χ2v) is 6.06. The van der Waals surface area contributed by atoms with Crippen LogP contribution in [-0.2, 0) is 4.74 Å². The predicted octanol–water partition coefficient (Wildman–Crippen LogP) is 2.02. The molecule has 6 heteroatoms. The average molecular weight is 316 g/mol. The normalized spacial score (nSPS) is 22.0. The van der Waals surface area contributed by atoms with Gasteiger partial charge in [0.2, 0.25) is 0 Å². The zero-order valence-electron chi connectivity index (χ0n) is 14.0. The summed E-state index contributed by atoms with van der Waals surface area (Å²) >= 11 is 0. The second-order valence-electron chi connectivity index (χ2n) is 6.06. The molecule has 130 valence electrons. The standard InChI is InChI=1S/C16H32N2O4/c1-3-18(11-12-19)10-4-5-13-22-15-8-6-14(7-9-15)17(2)16(20)21/h14-15,19H,3-13H2,1-2H3,(H,20,21). The molecule has 0 unspecified atom stereocenters. The highest BCUT2D eigenvalue weighted by atomic mass is 16.5. The Labute approximate surface area is 134 Å². The highest BCUT2D eigenvalue weighted by Gasteiger charge is 2.26. The minimum atomic E-state index is -0.840. The lowest BCUT2D eigenvalue weighted by Crippen LogP contribution is -2.40. The van der Waals surface area contributed by atoms with Crippen molar-refractivity contribution in [3.8, 4) is 0 Å². The molecule has 1 saturated carbocycles. The van der Waals surface area contributed by atoms with Gasteiger partial charge in [-0.25, -0.2) is 4.79 Å². The number of aliphatic hydroxyl groups is 1. The van der Waals surface area contributed by atoms with E-state index in [-0.39, 0.29) is 18.8 Å². The highest BCUT2D eigenvalue weighted by Crippen LogP contribution is 2.24. The number of ether oxygens (including phenoxy) is 1. The molecule has 2 N–H and O–H groups in total. The number of amides is 1. The summed E-state index contributed by atoms with van der Waals surface area (Å²) in [4.78, 5) is 14.6. The van der Waals surface area contributed by atoms with Gasteiger partial charge in [0.25, 0.3) is 0 Å². The Morgan fingerprint density at radius 2 is 1.86 bits per heavy atom. The SMILES string of the molecule is CCN(CCO)CCCCOC1CCC(N(C)C(=O)O)CC1. The molecule has 0 atom stereocenters. The fourth-order valence-corrected chi connectivity index (χ4v) is 3.01. The van der Waals surface area contributed by atoms with E-state index in [1.165, 1.54) is 4.90 Å². The third-order valence-corrected chi connectivity index (χ3v) is 4.58. The topological polar surface area (TPSA) is 73.2 Å². The Morgan fingerprint density at radius 3 is 2.41 bits per heavy atom. The minimum Gasteiger partial charge on any atom is -0.465 e. The molecular formula is C16H32N2O4. The van der Waals surface area contributed by atoms with E-state index in [0.29, 0.717) is 0 Å². The van der Waals surface area contributed by atoms with Crippen molar-refractivity contribution < 1.29 is 19.7 Å². The van der Waals surface area contributed by atoms with Crippen LogP contribution in [0.1, 0.15) is 45.4 Å². The summed E-state index contributed by atoms with van der Waals surface area (Å²) in [5.41, 5.74) is 0. The van der Waals surface area contributed by atoms with E-state index >= 15 is 0 Å². The van der Waals surface area contributed by atoms with Crippen molar-refractivity contribution in [2.75, 3.05) is 39.9 Å².